The van der Waals surface area contributed by atoms with E-state index in [0.717, 1.165) is 16.9 Å². The van der Waals surface area contributed by atoms with Crippen molar-refractivity contribution in [2.75, 3.05) is 0 Å². The summed E-state index contributed by atoms with van der Waals surface area (Å²) in [4.78, 5) is 22.2. The Morgan fingerprint density at radius 1 is 1.33 bits per heavy atom. The largest absolute Gasteiger partial charge is 0.322 e. The Kier molecular flexibility index (Phi) is 3.99. The van der Waals surface area contributed by atoms with Gasteiger partial charge in [0.25, 0.3) is 0 Å². The molecule has 0 amide bonds. The number of aryl methyl sites for hydroxylation is 1. The lowest BCUT2D eigenvalue weighted by Gasteiger charge is -2.00. The van der Waals surface area contributed by atoms with E-state index in [1.165, 1.54) is 12.1 Å². The molecular formula is C12H11FN2O2S. The van der Waals surface area contributed by atoms with Crippen LogP contribution in [0.5, 0.6) is 0 Å². The molecule has 4 nitrogen and oxygen atoms in total. The highest BCUT2D eigenvalue weighted by atomic mass is 32.1. The number of halogens is 1. The van der Waals surface area contributed by atoms with Crippen LogP contribution < -0.4 is 4.87 Å². The second-order valence-corrected chi connectivity index (χ2v) is 4.89. The Balaban J connectivity index is 1.85. The molecule has 2 rings (SSSR count). The van der Waals surface area contributed by atoms with E-state index < -0.39 is 0 Å². The number of aromatic amines is 1. The Morgan fingerprint density at radius 2 is 2.06 bits per heavy atom. The number of Topliss-reactive ketones (excluding diaryl/α,β-unsaturated/α-hetero) is 1. The van der Waals surface area contributed by atoms with E-state index in [9.17, 15) is 14.0 Å². The van der Waals surface area contributed by atoms with Crippen LogP contribution in [-0.4, -0.2) is 16.0 Å². The van der Waals surface area contributed by atoms with Crippen molar-refractivity contribution in [1.82, 2.24) is 10.2 Å². The Morgan fingerprint density at radius 3 is 2.67 bits per heavy atom. The van der Waals surface area contributed by atoms with Gasteiger partial charge in [0, 0.05) is 6.42 Å². The van der Waals surface area contributed by atoms with Crippen LogP contribution in [0.4, 0.5) is 4.39 Å². The molecule has 0 aliphatic rings. The molecule has 0 bridgehead atoms. The Labute approximate surface area is 106 Å². The van der Waals surface area contributed by atoms with Gasteiger partial charge in [-0.05, 0) is 24.1 Å². The molecule has 6 heteroatoms. The zero-order valence-corrected chi connectivity index (χ0v) is 10.3. The maximum absolute atomic E-state index is 12.7. The summed E-state index contributed by atoms with van der Waals surface area (Å²) in [5, 5.41) is 6.51. The number of nitrogens with one attached hydrogen (secondary N) is 1. The first-order valence-corrected chi connectivity index (χ1v) is 6.25. The predicted octanol–water partition coefficient (Wildman–Crippen LogP) is 1.71. The van der Waals surface area contributed by atoms with Gasteiger partial charge in [0.05, 0.1) is 6.42 Å². The number of nitrogens with zero attached hydrogens (tertiary/aromatic N) is 1. The lowest BCUT2D eigenvalue weighted by molar-refractivity contribution is -0.118. The third-order valence-corrected chi connectivity index (χ3v) is 3.18. The molecule has 0 fully saturated rings. The summed E-state index contributed by atoms with van der Waals surface area (Å²) in [6.45, 7) is 0. The summed E-state index contributed by atoms with van der Waals surface area (Å²) < 4.78 is 12.7. The average molecular weight is 266 g/mol. The molecule has 0 aliphatic heterocycles. The zero-order chi connectivity index (χ0) is 13.0. The van der Waals surface area contributed by atoms with Crippen molar-refractivity contribution in [3.8, 4) is 0 Å². The van der Waals surface area contributed by atoms with Crippen molar-refractivity contribution in [3.05, 3.63) is 50.3 Å². The van der Waals surface area contributed by atoms with E-state index in [-0.39, 0.29) is 22.9 Å². The summed E-state index contributed by atoms with van der Waals surface area (Å²) in [7, 11) is 0. The first kappa shape index (κ1) is 12.6. The van der Waals surface area contributed by atoms with Gasteiger partial charge in [0.2, 0.25) is 0 Å². The molecule has 1 heterocycles. The molecule has 1 aromatic heterocycles. The third kappa shape index (κ3) is 3.59. The van der Waals surface area contributed by atoms with Crippen molar-refractivity contribution >= 4 is 17.1 Å². The number of carbonyl (C=O) groups is 1. The number of rotatable bonds is 5. The standard InChI is InChI=1S/C12H11FN2O2S/c13-9-4-1-8(2-5-9)3-6-10(16)7-11-14-15-12(17)18-11/h1-2,4-5H,3,6-7H2,(H,15,17). The number of hydrogen-bond donors (Lipinski definition) is 1. The van der Waals surface area contributed by atoms with Crippen molar-refractivity contribution < 1.29 is 9.18 Å². The highest BCUT2D eigenvalue weighted by Gasteiger charge is 2.08. The molecule has 0 unspecified atom stereocenters. The Hall–Kier alpha value is -1.82. The van der Waals surface area contributed by atoms with E-state index in [1.54, 1.807) is 12.1 Å². The van der Waals surface area contributed by atoms with Crippen LogP contribution in [-0.2, 0) is 17.6 Å². The highest BCUT2D eigenvalue weighted by Crippen LogP contribution is 2.07. The van der Waals surface area contributed by atoms with Gasteiger partial charge in [-0.2, -0.15) is 5.10 Å². The minimum Gasteiger partial charge on any atom is -0.299 e. The van der Waals surface area contributed by atoms with Gasteiger partial charge in [-0.3, -0.25) is 9.59 Å². The second kappa shape index (κ2) is 5.68. The number of benzene rings is 1. The SMILES string of the molecule is O=C(CCc1ccc(F)cc1)Cc1n[nH]c(=O)s1. The van der Waals surface area contributed by atoms with E-state index >= 15 is 0 Å². The minimum absolute atomic E-state index is 0.0158. The molecule has 0 aliphatic carbocycles. The lowest BCUT2D eigenvalue weighted by atomic mass is 10.1. The molecule has 0 atom stereocenters. The van der Waals surface area contributed by atoms with Gasteiger partial charge >= 0.3 is 4.87 Å². The van der Waals surface area contributed by atoms with Crippen molar-refractivity contribution in [1.29, 1.82) is 0 Å². The first-order valence-electron chi connectivity index (χ1n) is 5.44. The molecule has 2 aromatic rings. The normalized spacial score (nSPS) is 10.5. The number of ketones is 1. The maximum Gasteiger partial charge on any atom is 0.322 e. The van der Waals surface area contributed by atoms with Gasteiger partial charge in [-0.15, -0.1) is 0 Å². The fourth-order valence-corrected chi connectivity index (χ4v) is 2.16. The van der Waals surface area contributed by atoms with Gasteiger partial charge < -0.3 is 0 Å². The summed E-state index contributed by atoms with van der Waals surface area (Å²) >= 11 is 0.947. The predicted molar refractivity (Wildman–Crippen MR) is 66.2 cm³/mol. The number of hydrogen-bond acceptors (Lipinski definition) is 4. The van der Waals surface area contributed by atoms with Gasteiger partial charge in [-0.1, -0.05) is 23.5 Å². The summed E-state index contributed by atoms with van der Waals surface area (Å²) in [6, 6.07) is 6.07. The van der Waals surface area contributed by atoms with Crippen LogP contribution in [0.3, 0.4) is 0 Å². The summed E-state index contributed by atoms with van der Waals surface area (Å²) in [5.41, 5.74) is 0.917. The third-order valence-electron chi connectivity index (χ3n) is 2.44. The quantitative estimate of drug-likeness (QED) is 0.896. The number of H-pyrrole nitrogens is 1. The van der Waals surface area contributed by atoms with Crippen molar-refractivity contribution in [3.63, 3.8) is 0 Å². The highest BCUT2D eigenvalue weighted by molar-refractivity contribution is 7.08. The fourth-order valence-electron chi connectivity index (χ4n) is 1.53. The molecule has 0 saturated heterocycles. The molecule has 1 N–H and O–H groups in total. The molecule has 18 heavy (non-hydrogen) atoms. The topological polar surface area (TPSA) is 62.8 Å². The van der Waals surface area contributed by atoms with Crippen LogP contribution in [0.1, 0.15) is 17.0 Å². The smallest absolute Gasteiger partial charge is 0.299 e. The minimum atomic E-state index is -0.286. The van der Waals surface area contributed by atoms with E-state index in [2.05, 4.69) is 10.2 Å². The molecular weight excluding hydrogens is 255 g/mol. The molecule has 94 valence electrons. The molecule has 0 spiro atoms. The summed E-state index contributed by atoms with van der Waals surface area (Å²) in [6.07, 6.45) is 1.10. The Bertz CT molecular complexity index is 589. The van der Waals surface area contributed by atoms with Crippen LogP contribution in [0.2, 0.25) is 0 Å². The first-order chi connectivity index (χ1) is 8.63. The van der Waals surface area contributed by atoms with Crippen molar-refractivity contribution in [2.45, 2.75) is 19.3 Å². The number of carbonyl (C=O) groups excluding carboxylic acids is 1. The fraction of sp³-hybridized carbons (Fsp3) is 0.250. The molecule has 0 saturated carbocycles. The van der Waals surface area contributed by atoms with Crippen LogP contribution >= 0.6 is 11.3 Å². The maximum atomic E-state index is 12.7. The van der Waals surface area contributed by atoms with Gasteiger partial charge in [0.15, 0.2) is 0 Å². The van der Waals surface area contributed by atoms with Crippen LogP contribution in [0.25, 0.3) is 0 Å². The van der Waals surface area contributed by atoms with Gasteiger partial charge in [-0.25, -0.2) is 9.49 Å². The summed E-state index contributed by atoms with van der Waals surface area (Å²) in [5.74, 6) is -0.270. The zero-order valence-electron chi connectivity index (χ0n) is 9.48. The lowest BCUT2D eigenvalue weighted by Crippen LogP contribution is -2.04. The van der Waals surface area contributed by atoms with E-state index in [4.69, 9.17) is 0 Å². The van der Waals surface area contributed by atoms with Crippen LogP contribution in [0.15, 0.2) is 29.1 Å². The van der Waals surface area contributed by atoms with E-state index in [0.29, 0.717) is 17.8 Å². The second-order valence-electron chi connectivity index (χ2n) is 3.85. The average Bonchev–Trinajstić information content (AvgIpc) is 2.74. The monoisotopic (exact) mass is 266 g/mol. The van der Waals surface area contributed by atoms with Gasteiger partial charge in [0.1, 0.15) is 16.6 Å². The van der Waals surface area contributed by atoms with Crippen LogP contribution in [0, 0.1) is 5.82 Å². The number of aromatic nitrogens is 2. The molecule has 1 aromatic carbocycles. The van der Waals surface area contributed by atoms with Crippen molar-refractivity contribution in [2.24, 2.45) is 0 Å². The molecule has 0 radical (unpaired) electrons. The van der Waals surface area contributed by atoms with E-state index in [1.807, 2.05) is 0 Å².